The van der Waals surface area contributed by atoms with Crippen LogP contribution in [0, 0.1) is 6.92 Å². The highest BCUT2D eigenvalue weighted by atomic mass is 79.9. The summed E-state index contributed by atoms with van der Waals surface area (Å²) in [5.74, 6) is -2.85. The Morgan fingerprint density at radius 3 is 2.59 bits per heavy atom. The Morgan fingerprint density at radius 1 is 1.36 bits per heavy atom. The minimum atomic E-state index is -1.14. The summed E-state index contributed by atoms with van der Waals surface area (Å²) in [5, 5.41) is 9.12. The predicted molar refractivity (Wildman–Crippen MR) is 82.3 cm³/mol. The fourth-order valence-electron chi connectivity index (χ4n) is 2.31. The molecule has 1 amide bonds. The van der Waals surface area contributed by atoms with E-state index in [4.69, 9.17) is 15.6 Å². The first-order chi connectivity index (χ1) is 10.4. The lowest BCUT2D eigenvalue weighted by molar-refractivity contribution is -0.139. The van der Waals surface area contributed by atoms with E-state index in [1.807, 2.05) is 0 Å². The van der Waals surface area contributed by atoms with Gasteiger partial charge >= 0.3 is 5.97 Å². The molecule has 0 saturated heterocycles. The van der Waals surface area contributed by atoms with Crippen LogP contribution >= 0.6 is 15.9 Å². The van der Waals surface area contributed by atoms with Crippen molar-refractivity contribution in [3.05, 3.63) is 29.5 Å². The Kier molecular flexibility index (Phi) is 4.51. The number of primary amides is 1. The summed E-state index contributed by atoms with van der Waals surface area (Å²) >= 11 is 3.32. The van der Waals surface area contributed by atoms with E-state index in [-0.39, 0.29) is 11.3 Å². The number of amides is 1. The van der Waals surface area contributed by atoms with Crippen LogP contribution in [0.4, 0.5) is 0 Å². The van der Waals surface area contributed by atoms with Crippen molar-refractivity contribution in [2.45, 2.75) is 12.4 Å². The van der Waals surface area contributed by atoms with Crippen molar-refractivity contribution in [2.75, 3.05) is 6.61 Å². The van der Waals surface area contributed by atoms with Crippen LogP contribution in [-0.2, 0) is 15.0 Å². The Labute approximate surface area is 133 Å². The highest BCUT2D eigenvalue weighted by Gasteiger charge is 2.25. The zero-order valence-electron chi connectivity index (χ0n) is 11.6. The van der Waals surface area contributed by atoms with E-state index in [0.29, 0.717) is 22.1 Å². The molecule has 2 rings (SSSR count). The number of carboxylic acids is 1. The van der Waals surface area contributed by atoms with Gasteiger partial charge in [0.05, 0.1) is 21.9 Å². The van der Waals surface area contributed by atoms with E-state index in [1.54, 1.807) is 29.7 Å². The van der Waals surface area contributed by atoms with Gasteiger partial charge in [0.2, 0.25) is 0 Å². The van der Waals surface area contributed by atoms with Crippen molar-refractivity contribution in [2.24, 2.45) is 5.73 Å². The van der Waals surface area contributed by atoms with Crippen LogP contribution in [0.2, 0.25) is 0 Å². The molecule has 0 aliphatic carbocycles. The Morgan fingerprint density at radius 2 is 2.05 bits per heavy atom. The van der Waals surface area contributed by atoms with Crippen LogP contribution in [0.1, 0.15) is 16.1 Å². The van der Waals surface area contributed by atoms with Crippen molar-refractivity contribution in [3.8, 4) is 5.75 Å². The lowest BCUT2D eigenvalue weighted by atomic mass is 10.1. The first-order valence-corrected chi connectivity index (χ1v) is 7.37. The maximum absolute atomic E-state index is 12.1. The zero-order valence-corrected chi connectivity index (χ0v) is 13.2. The van der Waals surface area contributed by atoms with Gasteiger partial charge < -0.3 is 20.1 Å². The van der Waals surface area contributed by atoms with Crippen LogP contribution in [0.25, 0.3) is 10.9 Å². The molecule has 0 spiro atoms. The molecule has 22 heavy (non-hydrogen) atoms. The third-order valence-electron chi connectivity index (χ3n) is 3.23. The molecule has 1 aromatic carbocycles. The van der Waals surface area contributed by atoms with Crippen LogP contribution < -0.4 is 10.5 Å². The van der Waals surface area contributed by atoms with Gasteiger partial charge in [-0.05, 0) is 19.1 Å². The number of ether oxygens (including phenoxy) is 1. The van der Waals surface area contributed by atoms with Crippen molar-refractivity contribution in [1.82, 2.24) is 4.57 Å². The summed E-state index contributed by atoms with van der Waals surface area (Å²) < 4.78 is 6.99. The summed E-state index contributed by atoms with van der Waals surface area (Å²) in [5.41, 5.74) is 6.81. The van der Waals surface area contributed by atoms with Gasteiger partial charge in [-0.3, -0.25) is 9.59 Å². The number of hydrogen-bond acceptors (Lipinski definition) is 4. The van der Waals surface area contributed by atoms with E-state index in [1.165, 1.54) is 0 Å². The number of fused-ring (bicyclic) bond motifs is 1. The van der Waals surface area contributed by atoms with Crippen molar-refractivity contribution < 1.29 is 24.2 Å². The predicted octanol–water partition coefficient (Wildman–Crippen LogP) is 1.43. The number of hydrogen-bond donors (Lipinski definition) is 2. The fourth-order valence-corrected chi connectivity index (χ4v) is 2.95. The maximum atomic E-state index is 12.1. The second kappa shape index (κ2) is 6.18. The molecule has 0 aliphatic heterocycles. The summed E-state index contributed by atoms with van der Waals surface area (Å²) in [4.78, 5) is 34.1. The monoisotopic (exact) mass is 368 g/mol. The number of aromatic nitrogens is 1. The molecule has 0 radical (unpaired) electrons. The summed E-state index contributed by atoms with van der Waals surface area (Å²) in [7, 11) is 0. The number of halogens is 1. The maximum Gasteiger partial charge on any atom is 0.341 e. The Hall–Kier alpha value is -2.35. The molecule has 2 aromatic rings. The summed E-state index contributed by atoms with van der Waals surface area (Å²) in [6, 6.07) is 4.96. The first-order valence-electron chi connectivity index (χ1n) is 6.25. The minimum Gasteiger partial charge on any atom is -0.481 e. The topological polar surface area (TPSA) is 112 Å². The Bertz CT molecular complexity index is 781. The molecule has 0 saturated carbocycles. The summed E-state index contributed by atoms with van der Waals surface area (Å²) in [6.45, 7) is 1.13. The van der Waals surface area contributed by atoms with Gasteiger partial charge in [0.15, 0.2) is 6.61 Å². The average molecular weight is 369 g/mol. The quantitative estimate of drug-likeness (QED) is 0.455. The molecular weight excluding hydrogens is 356 g/mol. The van der Waals surface area contributed by atoms with E-state index in [2.05, 4.69) is 15.9 Å². The van der Waals surface area contributed by atoms with E-state index < -0.39 is 24.3 Å². The first kappa shape index (κ1) is 16.0. The molecular formula is C14H13BrN2O5. The smallest absolute Gasteiger partial charge is 0.341 e. The number of nitrogens with two attached hydrogens (primary N) is 1. The van der Waals surface area contributed by atoms with Gasteiger partial charge in [0.25, 0.3) is 11.7 Å². The van der Waals surface area contributed by atoms with Crippen molar-refractivity contribution in [1.29, 1.82) is 0 Å². The number of carbonyl (C=O) groups excluding carboxylic acids is 2. The molecule has 1 heterocycles. The SMILES string of the molecule is Cc1c(C(=O)C(N)=O)c2c(OCC(=O)O)cccc2n1CBr. The van der Waals surface area contributed by atoms with Gasteiger partial charge in [-0.2, -0.15) is 0 Å². The highest BCUT2D eigenvalue weighted by Crippen LogP contribution is 2.34. The molecule has 0 fully saturated rings. The van der Waals surface area contributed by atoms with Gasteiger partial charge in [-0.25, -0.2) is 4.79 Å². The van der Waals surface area contributed by atoms with Gasteiger partial charge in [0, 0.05) is 5.69 Å². The highest BCUT2D eigenvalue weighted by molar-refractivity contribution is 9.08. The number of rotatable bonds is 6. The number of aliphatic carboxylic acids is 1. The molecule has 0 unspecified atom stereocenters. The largest absolute Gasteiger partial charge is 0.481 e. The number of carboxylic acid groups (broad SMARTS) is 1. The molecule has 3 N–H and O–H groups in total. The fraction of sp³-hybridized carbons (Fsp3) is 0.214. The summed E-state index contributed by atoms with van der Waals surface area (Å²) in [6.07, 6.45) is 0. The molecule has 8 heteroatoms. The third-order valence-corrected chi connectivity index (χ3v) is 3.73. The number of Topliss-reactive ketones (excluding diaryl/α,β-unsaturated/α-hetero) is 1. The van der Waals surface area contributed by atoms with Gasteiger partial charge in [-0.1, -0.05) is 22.0 Å². The van der Waals surface area contributed by atoms with E-state index in [0.717, 1.165) is 0 Å². The van der Waals surface area contributed by atoms with E-state index in [9.17, 15) is 14.4 Å². The second-order valence-electron chi connectivity index (χ2n) is 4.53. The lowest BCUT2D eigenvalue weighted by Gasteiger charge is -2.06. The van der Waals surface area contributed by atoms with Crippen LogP contribution in [0.3, 0.4) is 0 Å². The number of benzene rings is 1. The van der Waals surface area contributed by atoms with Gasteiger partial charge in [-0.15, -0.1) is 0 Å². The molecule has 116 valence electrons. The molecule has 7 nitrogen and oxygen atoms in total. The normalized spacial score (nSPS) is 10.6. The standard InChI is InChI=1S/C14H13BrN2O5/c1-7-11(13(20)14(16)21)12-8(17(7)6-15)3-2-4-9(12)22-5-10(18)19/h2-4H,5-6H2,1H3,(H2,16,21)(H,18,19). The van der Waals surface area contributed by atoms with Crippen LogP contribution in [0.5, 0.6) is 5.75 Å². The zero-order chi connectivity index (χ0) is 16.4. The third kappa shape index (κ3) is 2.69. The van der Waals surface area contributed by atoms with Crippen LogP contribution in [0.15, 0.2) is 18.2 Å². The number of carbonyl (C=O) groups is 3. The molecule has 0 aliphatic rings. The lowest BCUT2D eigenvalue weighted by Crippen LogP contribution is -2.24. The molecule has 0 bridgehead atoms. The minimum absolute atomic E-state index is 0.128. The number of nitrogens with zero attached hydrogens (tertiary/aromatic N) is 1. The average Bonchev–Trinajstić information content (AvgIpc) is 2.75. The van der Waals surface area contributed by atoms with Crippen LogP contribution in [-0.4, -0.2) is 33.9 Å². The number of ketones is 1. The number of alkyl halides is 1. The van der Waals surface area contributed by atoms with Gasteiger partial charge in [0.1, 0.15) is 5.75 Å². The second-order valence-corrected chi connectivity index (χ2v) is 5.04. The van der Waals surface area contributed by atoms with Crippen molar-refractivity contribution >= 4 is 44.5 Å². The Balaban J connectivity index is 2.75. The van der Waals surface area contributed by atoms with E-state index >= 15 is 0 Å². The van der Waals surface area contributed by atoms with Crippen molar-refractivity contribution in [3.63, 3.8) is 0 Å². The molecule has 0 atom stereocenters. The molecule has 1 aromatic heterocycles.